The number of imide groups is 1. The van der Waals surface area contributed by atoms with Crippen LogP contribution in [-0.2, 0) is 4.79 Å². The van der Waals surface area contributed by atoms with Crippen LogP contribution in [0.25, 0.3) is 0 Å². The van der Waals surface area contributed by atoms with Crippen LogP contribution in [0.1, 0.15) is 19.8 Å². The number of rotatable bonds is 3. The van der Waals surface area contributed by atoms with Gasteiger partial charge in [-0.15, -0.1) is 0 Å². The molecule has 2 saturated heterocycles. The number of nitrogens with one attached hydrogen (secondary N) is 2. The highest BCUT2D eigenvalue weighted by atomic mass is 16.2. The molecule has 0 spiro atoms. The summed E-state index contributed by atoms with van der Waals surface area (Å²) in [6, 6.07) is -0.537. The minimum atomic E-state index is -0.299. The molecular formula is C10H17N3O2. The third-order valence-electron chi connectivity index (χ3n) is 3.28. The maximum absolute atomic E-state index is 11.4. The summed E-state index contributed by atoms with van der Waals surface area (Å²) in [4.78, 5) is 24.2. The number of amides is 3. The summed E-state index contributed by atoms with van der Waals surface area (Å²) in [6.07, 6.45) is 2.16. The molecule has 2 fully saturated rings. The van der Waals surface area contributed by atoms with E-state index in [-0.39, 0.29) is 18.0 Å². The molecule has 0 saturated carbocycles. The monoisotopic (exact) mass is 211 g/mol. The number of urea groups is 1. The van der Waals surface area contributed by atoms with Crippen molar-refractivity contribution in [3.8, 4) is 0 Å². The van der Waals surface area contributed by atoms with E-state index in [0.717, 1.165) is 19.5 Å². The quantitative estimate of drug-likeness (QED) is 0.642. The lowest BCUT2D eigenvalue weighted by Crippen LogP contribution is -2.34. The summed E-state index contributed by atoms with van der Waals surface area (Å²) in [5, 5.41) is 5.62. The molecule has 2 N–H and O–H groups in total. The van der Waals surface area contributed by atoms with Gasteiger partial charge in [0.2, 0.25) is 0 Å². The maximum atomic E-state index is 11.4. The number of carbonyl (C=O) groups is 2. The Bertz CT molecular complexity index is 274. The van der Waals surface area contributed by atoms with Crippen molar-refractivity contribution in [2.75, 3.05) is 19.6 Å². The van der Waals surface area contributed by atoms with Gasteiger partial charge in [0, 0.05) is 6.54 Å². The Morgan fingerprint density at radius 1 is 1.47 bits per heavy atom. The highest BCUT2D eigenvalue weighted by Crippen LogP contribution is 2.15. The Morgan fingerprint density at radius 3 is 2.80 bits per heavy atom. The molecular weight excluding hydrogens is 194 g/mol. The molecule has 15 heavy (non-hydrogen) atoms. The summed E-state index contributed by atoms with van der Waals surface area (Å²) >= 11 is 0. The lowest BCUT2D eigenvalue weighted by Gasteiger charge is -2.20. The zero-order valence-electron chi connectivity index (χ0n) is 8.95. The zero-order chi connectivity index (χ0) is 10.8. The third kappa shape index (κ3) is 2.12. The summed E-state index contributed by atoms with van der Waals surface area (Å²) in [5.41, 5.74) is 0. The van der Waals surface area contributed by atoms with Crippen molar-refractivity contribution in [2.45, 2.75) is 25.8 Å². The second kappa shape index (κ2) is 4.18. The van der Waals surface area contributed by atoms with Crippen molar-refractivity contribution < 1.29 is 9.59 Å². The number of nitrogens with zero attached hydrogens (tertiary/aromatic N) is 1. The molecule has 2 atom stereocenters. The summed E-state index contributed by atoms with van der Waals surface area (Å²) < 4.78 is 0. The Kier molecular flexibility index (Phi) is 2.90. The molecule has 0 aromatic rings. The van der Waals surface area contributed by atoms with E-state index >= 15 is 0 Å². The summed E-state index contributed by atoms with van der Waals surface area (Å²) in [5.74, 6) is 0.477. The van der Waals surface area contributed by atoms with Gasteiger partial charge in [0.25, 0.3) is 5.91 Å². The van der Waals surface area contributed by atoms with Gasteiger partial charge in [-0.2, -0.15) is 0 Å². The van der Waals surface area contributed by atoms with Gasteiger partial charge in [0.05, 0.1) is 0 Å². The molecule has 2 aliphatic heterocycles. The van der Waals surface area contributed by atoms with Crippen molar-refractivity contribution in [2.24, 2.45) is 5.92 Å². The number of carbonyl (C=O) groups excluding carboxylic acids is 2. The SMILES string of the molecule is CC1C(=O)NC(=O)N1CCC1CCNC1. The van der Waals surface area contributed by atoms with Gasteiger partial charge in [-0.1, -0.05) is 0 Å². The number of hydrogen-bond donors (Lipinski definition) is 2. The predicted molar refractivity (Wildman–Crippen MR) is 55.3 cm³/mol. The lowest BCUT2D eigenvalue weighted by atomic mass is 10.0. The van der Waals surface area contributed by atoms with Crippen LogP contribution < -0.4 is 10.6 Å². The Labute approximate surface area is 89.2 Å². The van der Waals surface area contributed by atoms with Crippen molar-refractivity contribution in [3.63, 3.8) is 0 Å². The molecule has 3 amide bonds. The molecule has 2 unspecified atom stereocenters. The first-order chi connectivity index (χ1) is 7.18. The Hall–Kier alpha value is -1.10. The van der Waals surface area contributed by atoms with Gasteiger partial charge >= 0.3 is 6.03 Å². The molecule has 5 nitrogen and oxygen atoms in total. The van der Waals surface area contributed by atoms with Crippen LogP contribution in [-0.4, -0.2) is 42.5 Å². The average molecular weight is 211 g/mol. The van der Waals surface area contributed by atoms with Gasteiger partial charge in [0.1, 0.15) is 6.04 Å². The highest BCUT2D eigenvalue weighted by molar-refractivity contribution is 6.03. The van der Waals surface area contributed by atoms with Crippen molar-refractivity contribution in [1.82, 2.24) is 15.5 Å². The largest absolute Gasteiger partial charge is 0.324 e. The van der Waals surface area contributed by atoms with Crippen LogP contribution in [0.4, 0.5) is 4.79 Å². The van der Waals surface area contributed by atoms with E-state index in [2.05, 4.69) is 10.6 Å². The van der Waals surface area contributed by atoms with Crippen LogP contribution in [0, 0.1) is 5.92 Å². The molecule has 0 aliphatic carbocycles. The van der Waals surface area contributed by atoms with Crippen LogP contribution >= 0.6 is 0 Å². The van der Waals surface area contributed by atoms with Gasteiger partial charge < -0.3 is 10.2 Å². The van der Waals surface area contributed by atoms with Crippen molar-refractivity contribution in [3.05, 3.63) is 0 Å². The van der Waals surface area contributed by atoms with Gasteiger partial charge in [-0.05, 0) is 38.8 Å². The second-order valence-corrected chi connectivity index (χ2v) is 4.31. The smallest absolute Gasteiger partial charge is 0.316 e. The van der Waals surface area contributed by atoms with E-state index < -0.39 is 0 Å². The zero-order valence-corrected chi connectivity index (χ0v) is 8.95. The fraction of sp³-hybridized carbons (Fsp3) is 0.800. The fourth-order valence-electron chi connectivity index (χ4n) is 2.18. The Morgan fingerprint density at radius 2 is 2.27 bits per heavy atom. The minimum absolute atomic E-state index is 0.176. The second-order valence-electron chi connectivity index (χ2n) is 4.31. The molecule has 0 bridgehead atoms. The highest BCUT2D eigenvalue weighted by Gasteiger charge is 2.34. The molecule has 0 aromatic carbocycles. The lowest BCUT2D eigenvalue weighted by molar-refractivity contribution is -0.121. The molecule has 2 aliphatic rings. The third-order valence-corrected chi connectivity index (χ3v) is 3.28. The minimum Gasteiger partial charge on any atom is -0.316 e. The van der Waals surface area contributed by atoms with Gasteiger partial charge in [-0.25, -0.2) is 4.79 Å². The van der Waals surface area contributed by atoms with Crippen LogP contribution in [0.5, 0.6) is 0 Å². The summed E-state index contributed by atoms with van der Waals surface area (Å²) in [6.45, 7) is 4.57. The van der Waals surface area contributed by atoms with Crippen molar-refractivity contribution in [1.29, 1.82) is 0 Å². The van der Waals surface area contributed by atoms with Crippen LogP contribution in [0.3, 0.4) is 0 Å². The van der Waals surface area contributed by atoms with E-state index in [1.165, 1.54) is 6.42 Å². The topological polar surface area (TPSA) is 61.4 Å². The van der Waals surface area contributed by atoms with Crippen molar-refractivity contribution >= 4 is 11.9 Å². The summed E-state index contributed by atoms with van der Waals surface area (Å²) in [7, 11) is 0. The van der Waals surface area contributed by atoms with Crippen LogP contribution in [0.2, 0.25) is 0 Å². The van der Waals surface area contributed by atoms with E-state index in [1.54, 1.807) is 11.8 Å². The first kappa shape index (κ1) is 10.4. The first-order valence-electron chi connectivity index (χ1n) is 5.50. The molecule has 2 rings (SSSR count). The van der Waals surface area contributed by atoms with E-state index in [0.29, 0.717) is 12.5 Å². The van der Waals surface area contributed by atoms with E-state index in [1.807, 2.05) is 0 Å². The number of hydrogen-bond acceptors (Lipinski definition) is 3. The van der Waals surface area contributed by atoms with Crippen LogP contribution in [0.15, 0.2) is 0 Å². The van der Waals surface area contributed by atoms with Gasteiger partial charge in [0.15, 0.2) is 0 Å². The Balaban J connectivity index is 1.83. The van der Waals surface area contributed by atoms with E-state index in [4.69, 9.17) is 0 Å². The van der Waals surface area contributed by atoms with Gasteiger partial charge in [-0.3, -0.25) is 10.1 Å². The normalized spacial score (nSPS) is 31.1. The molecule has 5 heteroatoms. The first-order valence-corrected chi connectivity index (χ1v) is 5.50. The average Bonchev–Trinajstić information content (AvgIpc) is 2.76. The molecule has 2 heterocycles. The molecule has 0 aromatic heterocycles. The molecule has 84 valence electrons. The predicted octanol–water partition coefficient (Wildman–Crippen LogP) is -0.0737. The standard InChI is InChI=1S/C10H17N3O2/c1-7-9(14)12-10(15)13(7)5-3-8-2-4-11-6-8/h7-8,11H,2-6H2,1H3,(H,12,14,15). The molecule has 0 radical (unpaired) electrons. The fourth-order valence-corrected chi connectivity index (χ4v) is 2.18. The van der Waals surface area contributed by atoms with E-state index in [9.17, 15) is 9.59 Å². The maximum Gasteiger partial charge on any atom is 0.324 e.